The number of carboxylic acids is 1. The molecule has 2 N–H and O–H groups in total. The summed E-state index contributed by atoms with van der Waals surface area (Å²) in [5, 5.41) is 13.8. The van der Waals surface area contributed by atoms with Crippen molar-refractivity contribution in [3.8, 4) is 0 Å². The summed E-state index contributed by atoms with van der Waals surface area (Å²) < 4.78 is 0. The normalized spacial score (nSPS) is 12.1. The van der Waals surface area contributed by atoms with Crippen molar-refractivity contribution in [3.63, 3.8) is 0 Å². The van der Waals surface area contributed by atoms with E-state index in [1.54, 1.807) is 19.2 Å². The topological polar surface area (TPSA) is 69.6 Å². The molecule has 0 fully saturated rings. The summed E-state index contributed by atoms with van der Waals surface area (Å²) in [6.07, 6.45) is 0. The van der Waals surface area contributed by atoms with Crippen molar-refractivity contribution in [1.82, 2.24) is 5.32 Å². The van der Waals surface area contributed by atoms with Crippen LogP contribution in [-0.2, 0) is 9.59 Å². The summed E-state index contributed by atoms with van der Waals surface area (Å²) in [6, 6.07) is 2.37. The molecular formula is C9H12N2O3S. The number of nitrogens with one attached hydrogen (secondary N) is 1. The van der Waals surface area contributed by atoms with Gasteiger partial charge in [-0.3, -0.25) is 10.1 Å². The molecular weight excluding hydrogens is 216 g/mol. The van der Waals surface area contributed by atoms with E-state index < -0.39 is 17.9 Å². The lowest BCUT2D eigenvalue weighted by Crippen LogP contribution is -2.48. The van der Waals surface area contributed by atoms with Gasteiger partial charge in [-0.2, -0.15) is 0 Å². The lowest BCUT2D eigenvalue weighted by molar-refractivity contribution is -0.143. The van der Waals surface area contributed by atoms with E-state index in [1.807, 2.05) is 5.38 Å². The molecule has 0 aromatic carbocycles. The fraction of sp³-hybridized carbons (Fsp3) is 0.333. The summed E-state index contributed by atoms with van der Waals surface area (Å²) >= 11 is 1.38. The van der Waals surface area contributed by atoms with Crippen LogP contribution in [0.5, 0.6) is 0 Å². The Bertz CT molecular complexity index is 350. The zero-order valence-electron chi connectivity index (χ0n) is 8.43. The van der Waals surface area contributed by atoms with Crippen molar-refractivity contribution in [3.05, 3.63) is 17.5 Å². The molecule has 0 saturated carbocycles. The van der Waals surface area contributed by atoms with Gasteiger partial charge in [0.1, 0.15) is 0 Å². The number of hydrogen-bond acceptors (Lipinski definition) is 4. The fourth-order valence-electron chi connectivity index (χ4n) is 1.12. The molecule has 1 rings (SSSR count). The molecule has 1 aromatic heterocycles. The van der Waals surface area contributed by atoms with Gasteiger partial charge in [0.25, 0.3) is 5.91 Å². The van der Waals surface area contributed by atoms with Crippen molar-refractivity contribution >= 4 is 28.2 Å². The third-order valence-electron chi connectivity index (χ3n) is 1.95. The standard InChI is InChI=1S/C9H12N2O3S/c1-10-7(9(13)14)8(12)11(2)6-4-3-5-15-6/h3-5,7,10H,1-2H3,(H,13,14). The van der Waals surface area contributed by atoms with Crippen LogP contribution < -0.4 is 10.2 Å². The second-order valence-electron chi connectivity index (χ2n) is 2.91. The van der Waals surface area contributed by atoms with E-state index in [0.717, 1.165) is 5.00 Å². The van der Waals surface area contributed by atoms with Crippen LogP contribution in [0.3, 0.4) is 0 Å². The minimum Gasteiger partial charge on any atom is -0.480 e. The third kappa shape index (κ3) is 2.54. The van der Waals surface area contributed by atoms with Crippen LogP contribution in [0.15, 0.2) is 17.5 Å². The number of carbonyl (C=O) groups is 2. The van der Waals surface area contributed by atoms with Gasteiger partial charge in [0.15, 0.2) is 6.04 Å². The van der Waals surface area contributed by atoms with E-state index in [1.165, 1.54) is 23.3 Å². The predicted molar refractivity (Wildman–Crippen MR) is 58.2 cm³/mol. The number of thiophene rings is 1. The first kappa shape index (κ1) is 11.7. The van der Waals surface area contributed by atoms with E-state index in [9.17, 15) is 9.59 Å². The van der Waals surface area contributed by atoms with Crippen LogP contribution in [0.4, 0.5) is 5.00 Å². The molecule has 5 nitrogen and oxygen atoms in total. The van der Waals surface area contributed by atoms with Gasteiger partial charge in [0, 0.05) is 7.05 Å². The van der Waals surface area contributed by atoms with Crippen molar-refractivity contribution in [1.29, 1.82) is 0 Å². The highest BCUT2D eigenvalue weighted by Crippen LogP contribution is 2.20. The summed E-state index contributed by atoms with van der Waals surface area (Å²) in [4.78, 5) is 23.8. The van der Waals surface area contributed by atoms with E-state index in [0.29, 0.717) is 0 Å². The maximum atomic E-state index is 11.7. The van der Waals surface area contributed by atoms with Crippen molar-refractivity contribution in [2.45, 2.75) is 6.04 Å². The largest absolute Gasteiger partial charge is 0.480 e. The molecule has 0 radical (unpaired) electrons. The summed E-state index contributed by atoms with van der Waals surface area (Å²) in [6.45, 7) is 0. The van der Waals surface area contributed by atoms with Crippen molar-refractivity contribution in [2.75, 3.05) is 19.0 Å². The number of rotatable bonds is 4. The van der Waals surface area contributed by atoms with Gasteiger partial charge in [-0.25, -0.2) is 4.79 Å². The Hall–Kier alpha value is -1.40. The highest BCUT2D eigenvalue weighted by molar-refractivity contribution is 7.14. The molecule has 1 unspecified atom stereocenters. The average molecular weight is 228 g/mol. The molecule has 1 amide bonds. The average Bonchev–Trinajstić information content (AvgIpc) is 2.69. The lowest BCUT2D eigenvalue weighted by Gasteiger charge is -2.19. The van der Waals surface area contributed by atoms with Gasteiger partial charge in [-0.1, -0.05) is 0 Å². The maximum Gasteiger partial charge on any atom is 0.330 e. The zero-order valence-corrected chi connectivity index (χ0v) is 9.25. The first-order valence-electron chi connectivity index (χ1n) is 4.29. The van der Waals surface area contributed by atoms with Gasteiger partial charge in [0.2, 0.25) is 0 Å². The molecule has 0 aliphatic rings. The summed E-state index contributed by atoms with van der Waals surface area (Å²) in [5.74, 6) is -1.65. The number of amides is 1. The Kier molecular flexibility index (Phi) is 3.81. The number of anilines is 1. The van der Waals surface area contributed by atoms with E-state index >= 15 is 0 Å². The molecule has 0 aliphatic heterocycles. The SMILES string of the molecule is CNC(C(=O)O)C(=O)N(C)c1cccs1. The number of aliphatic carboxylic acids is 1. The van der Waals surface area contributed by atoms with Crippen LogP contribution in [-0.4, -0.2) is 37.1 Å². The zero-order chi connectivity index (χ0) is 11.4. The van der Waals surface area contributed by atoms with Crippen LogP contribution in [0.1, 0.15) is 0 Å². The van der Waals surface area contributed by atoms with Crippen LogP contribution in [0, 0.1) is 0 Å². The van der Waals surface area contributed by atoms with Gasteiger partial charge < -0.3 is 10.0 Å². The Morgan fingerprint density at radius 2 is 2.27 bits per heavy atom. The Morgan fingerprint density at radius 3 is 2.67 bits per heavy atom. The second kappa shape index (κ2) is 4.90. The molecule has 1 heterocycles. The highest BCUT2D eigenvalue weighted by Gasteiger charge is 2.28. The maximum absolute atomic E-state index is 11.7. The van der Waals surface area contributed by atoms with Crippen LogP contribution in [0.2, 0.25) is 0 Å². The number of carboxylic acid groups (broad SMARTS) is 1. The minimum absolute atomic E-state index is 0.479. The first-order chi connectivity index (χ1) is 7.07. The second-order valence-corrected chi connectivity index (χ2v) is 3.83. The van der Waals surface area contributed by atoms with Gasteiger partial charge in [-0.05, 0) is 24.6 Å². The van der Waals surface area contributed by atoms with Gasteiger partial charge in [-0.15, -0.1) is 11.3 Å². The molecule has 1 atom stereocenters. The van der Waals surface area contributed by atoms with E-state index in [2.05, 4.69) is 5.32 Å². The molecule has 1 aromatic rings. The lowest BCUT2D eigenvalue weighted by atomic mass is 10.2. The van der Waals surface area contributed by atoms with Crippen LogP contribution in [0.25, 0.3) is 0 Å². The first-order valence-corrected chi connectivity index (χ1v) is 5.17. The van der Waals surface area contributed by atoms with Crippen molar-refractivity contribution in [2.24, 2.45) is 0 Å². The Labute approximate surface area is 91.3 Å². The predicted octanol–water partition coefficient (Wildman–Crippen LogP) is 0.384. The molecule has 0 bridgehead atoms. The number of likely N-dealkylation sites (N-methyl/N-ethyl adjacent to an activating group) is 2. The van der Waals surface area contributed by atoms with E-state index in [-0.39, 0.29) is 0 Å². The molecule has 15 heavy (non-hydrogen) atoms. The number of carbonyl (C=O) groups excluding carboxylic acids is 1. The highest BCUT2D eigenvalue weighted by atomic mass is 32.1. The molecule has 0 saturated heterocycles. The van der Waals surface area contributed by atoms with Gasteiger partial charge >= 0.3 is 5.97 Å². The molecule has 6 heteroatoms. The third-order valence-corrected chi connectivity index (χ3v) is 2.89. The number of hydrogen-bond donors (Lipinski definition) is 2. The van der Waals surface area contributed by atoms with E-state index in [4.69, 9.17) is 5.11 Å². The Morgan fingerprint density at radius 1 is 1.60 bits per heavy atom. The summed E-state index contributed by atoms with van der Waals surface area (Å²) in [5.41, 5.74) is 0. The summed E-state index contributed by atoms with van der Waals surface area (Å²) in [7, 11) is 3.00. The fourth-order valence-corrected chi connectivity index (χ4v) is 1.82. The van der Waals surface area contributed by atoms with Crippen molar-refractivity contribution < 1.29 is 14.7 Å². The molecule has 0 aliphatic carbocycles. The van der Waals surface area contributed by atoms with Gasteiger partial charge in [0.05, 0.1) is 5.00 Å². The Balaban J connectivity index is 2.80. The monoisotopic (exact) mass is 228 g/mol. The molecule has 0 spiro atoms. The number of nitrogens with zero attached hydrogens (tertiary/aromatic N) is 1. The minimum atomic E-state index is -1.20. The quantitative estimate of drug-likeness (QED) is 0.731. The van der Waals surface area contributed by atoms with Crippen LogP contribution >= 0.6 is 11.3 Å². The smallest absolute Gasteiger partial charge is 0.330 e. The molecule has 82 valence electrons.